The molecule has 0 amide bonds. The van der Waals surface area contributed by atoms with Gasteiger partial charge in [-0.15, -0.1) is 0 Å². The molecule has 3 nitrogen and oxygen atoms in total. The number of halogens is 1. The van der Waals surface area contributed by atoms with Gasteiger partial charge in [-0.05, 0) is 54.0 Å². The summed E-state index contributed by atoms with van der Waals surface area (Å²) in [5.41, 5.74) is 4.67. The predicted octanol–water partition coefficient (Wildman–Crippen LogP) is 6.57. The molecule has 0 heterocycles. The molecule has 4 rings (SSSR count). The summed E-state index contributed by atoms with van der Waals surface area (Å²) in [5.74, 6) is 0.656. The predicted molar refractivity (Wildman–Crippen MR) is 125 cm³/mol. The van der Waals surface area contributed by atoms with Gasteiger partial charge in [-0.25, -0.2) is 4.21 Å². The minimum atomic E-state index is -1.70. The van der Waals surface area contributed by atoms with E-state index in [9.17, 15) is 4.21 Å². The van der Waals surface area contributed by atoms with Gasteiger partial charge < -0.3 is 0 Å². The highest BCUT2D eigenvalue weighted by molar-refractivity contribution is 7.79. The first-order valence-electron chi connectivity index (χ1n) is 10.9. The number of fused-ring (bicyclic) bond motifs is 1. The van der Waals surface area contributed by atoms with Crippen LogP contribution in [0.3, 0.4) is 0 Å². The second-order valence-electron chi connectivity index (χ2n) is 9.12. The van der Waals surface area contributed by atoms with Gasteiger partial charge in [0, 0.05) is 28.5 Å². The van der Waals surface area contributed by atoms with Crippen molar-refractivity contribution < 1.29 is 8.39 Å². The Bertz CT molecular complexity index is 950. The minimum Gasteiger partial charge on any atom is -0.268 e. The fourth-order valence-electron chi connectivity index (χ4n) is 4.84. The van der Waals surface area contributed by atoms with Crippen molar-refractivity contribution >= 4 is 28.6 Å². The summed E-state index contributed by atoms with van der Waals surface area (Å²) in [6.45, 7) is 6.51. The number of benzene rings is 2. The smallest absolute Gasteiger partial charge is 0.268 e. The Kier molecular flexibility index (Phi) is 6.47. The lowest BCUT2D eigenvalue weighted by Crippen LogP contribution is -2.43. The minimum absolute atomic E-state index is 0.0971. The van der Waals surface area contributed by atoms with Gasteiger partial charge in [0.2, 0.25) is 0 Å². The molecule has 0 aliphatic heterocycles. The Balaban J connectivity index is 1.57. The van der Waals surface area contributed by atoms with E-state index < -0.39 is 11.3 Å². The van der Waals surface area contributed by atoms with Crippen molar-refractivity contribution in [1.82, 2.24) is 0 Å². The standard InChI is InChI=1S/C25H30ClNO2S/c1-17(2)15-24(25(13-6-14-25)20-9-11-21(26)12-10-20)27-30(28)29-23-16-19-7-4-5-8-22(19)18(23)3/h4-5,7-12,17-18,23H,6,13-16H2,1-3H3/b27-24+/t18-,23?,30-/m1/s1. The molecular weight excluding hydrogens is 414 g/mol. The lowest BCUT2D eigenvalue weighted by molar-refractivity contribution is 0.212. The molecule has 160 valence electrons. The highest BCUT2D eigenvalue weighted by atomic mass is 35.5. The summed E-state index contributed by atoms with van der Waals surface area (Å²) in [7, 11) is 0. The van der Waals surface area contributed by atoms with Crippen LogP contribution in [0.4, 0.5) is 0 Å². The first kappa shape index (κ1) is 21.7. The van der Waals surface area contributed by atoms with Crippen LogP contribution < -0.4 is 0 Å². The van der Waals surface area contributed by atoms with Crippen LogP contribution in [0.15, 0.2) is 52.9 Å². The van der Waals surface area contributed by atoms with Crippen molar-refractivity contribution in [2.75, 3.05) is 0 Å². The van der Waals surface area contributed by atoms with Crippen LogP contribution >= 0.6 is 11.6 Å². The Morgan fingerprint density at radius 1 is 1.20 bits per heavy atom. The summed E-state index contributed by atoms with van der Waals surface area (Å²) in [4.78, 5) is 0. The van der Waals surface area contributed by atoms with Gasteiger partial charge in [-0.3, -0.25) is 4.18 Å². The van der Waals surface area contributed by atoms with Gasteiger partial charge in [0.15, 0.2) is 0 Å². The van der Waals surface area contributed by atoms with Crippen LogP contribution in [0.5, 0.6) is 0 Å². The second kappa shape index (κ2) is 8.94. The molecule has 3 atom stereocenters. The van der Waals surface area contributed by atoms with Crippen molar-refractivity contribution in [3.05, 3.63) is 70.2 Å². The van der Waals surface area contributed by atoms with Crippen LogP contribution in [-0.2, 0) is 27.3 Å². The highest BCUT2D eigenvalue weighted by Gasteiger charge is 2.44. The average molecular weight is 444 g/mol. The molecule has 2 aromatic rings. The molecule has 0 spiro atoms. The largest absolute Gasteiger partial charge is 0.284 e. The fraction of sp³-hybridized carbons (Fsp3) is 0.480. The molecule has 2 aliphatic rings. The van der Waals surface area contributed by atoms with Gasteiger partial charge in [0.1, 0.15) is 0 Å². The topological polar surface area (TPSA) is 38.7 Å². The van der Waals surface area contributed by atoms with Gasteiger partial charge in [-0.1, -0.05) is 75.2 Å². The highest BCUT2D eigenvalue weighted by Crippen LogP contribution is 2.47. The maximum atomic E-state index is 13.0. The van der Waals surface area contributed by atoms with Crippen molar-refractivity contribution in [3.63, 3.8) is 0 Å². The Hall–Kier alpha value is -1.49. The van der Waals surface area contributed by atoms with E-state index in [-0.39, 0.29) is 17.4 Å². The van der Waals surface area contributed by atoms with E-state index in [4.69, 9.17) is 20.2 Å². The maximum absolute atomic E-state index is 13.0. The number of rotatable bonds is 7. The Morgan fingerprint density at radius 3 is 2.50 bits per heavy atom. The molecule has 0 bridgehead atoms. The molecule has 2 aromatic carbocycles. The molecule has 2 aliphatic carbocycles. The average Bonchev–Trinajstić information content (AvgIpc) is 2.97. The first-order valence-corrected chi connectivity index (χ1v) is 12.3. The van der Waals surface area contributed by atoms with E-state index >= 15 is 0 Å². The summed E-state index contributed by atoms with van der Waals surface area (Å²) in [6, 6.07) is 16.5. The molecule has 30 heavy (non-hydrogen) atoms. The molecule has 0 saturated heterocycles. The summed E-state index contributed by atoms with van der Waals surface area (Å²) in [5, 5.41) is 0.734. The van der Waals surface area contributed by atoms with Crippen LogP contribution in [-0.4, -0.2) is 16.0 Å². The SMILES string of the molecule is CC(C)C/C(=N\[S@](=O)OC1Cc2ccccc2[C@H]1C)C1(c2ccc(Cl)cc2)CCC1. The quantitative estimate of drug-likeness (QED) is 0.453. The van der Waals surface area contributed by atoms with Gasteiger partial charge in [0.05, 0.1) is 6.10 Å². The normalized spacial score (nSPS) is 23.8. The van der Waals surface area contributed by atoms with Crippen LogP contribution in [0.2, 0.25) is 5.02 Å². The molecule has 1 saturated carbocycles. The van der Waals surface area contributed by atoms with Crippen LogP contribution in [0, 0.1) is 5.92 Å². The van der Waals surface area contributed by atoms with E-state index in [0.29, 0.717) is 5.92 Å². The number of hydrogen-bond acceptors (Lipinski definition) is 2. The molecule has 1 fully saturated rings. The number of hydrogen-bond donors (Lipinski definition) is 0. The summed E-state index contributed by atoms with van der Waals surface area (Å²) < 4.78 is 23.7. The van der Waals surface area contributed by atoms with E-state index in [2.05, 4.69) is 57.2 Å². The van der Waals surface area contributed by atoms with E-state index in [1.807, 2.05) is 12.1 Å². The molecule has 1 unspecified atom stereocenters. The zero-order valence-corrected chi connectivity index (χ0v) is 19.5. The lowest BCUT2D eigenvalue weighted by Gasteiger charge is -2.44. The van der Waals surface area contributed by atoms with Crippen molar-refractivity contribution in [2.45, 2.75) is 70.3 Å². The third-order valence-corrected chi connectivity index (χ3v) is 7.71. The molecular formula is C25H30ClNO2S. The fourth-order valence-corrected chi connectivity index (χ4v) is 5.89. The summed E-state index contributed by atoms with van der Waals surface area (Å²) >= 11 is 4.42. The Labute approximate surface area is 187 Å². The van der Waals surface area contributed by atoms with Crippen molar-refractivity contribution in [2.24, 2.45) is 10.3 Å². The summed E-state index contributed by atoms with van der Waals surface area (Å²) in [6.07, 6.45) is 4.73. The maximum Gasteiger partial charge on any atom is 0.284 e. The number of nitrogens with zero attached hydrogens (tertiary/aromatic N) is 1. The van der Waals surface area contributed by atoms with Gasteiger partial charge in [0.25, 0.3) is 11.3 Å². The molecule has 0 aromatic heterocycles. The first-order chi connectivity index (χ1) is 14.4. The van der Waals surface area contributed by atoms with Crippen LogP contribution in [0.25, 0.3) is 0 Å². The zero-order valence-electron chi connectivity index (χ0n) is 17.9. The van der Waals surface area contributed by atoms with Crippen molar-refractivity contribution in [1.29, 1.82) is 0 Å². The van der Waals surface area contributed by atoms with Crippen molar-refractivity contribution in [3.8, 4) is 0 Å². The van der Waals surface area contributed by atoms with E-state index in [1.54, 1.807) is 0 Å². The zero-order chi connectivity index (χ0) is 21.3. The third-order valence-electron chi connectivity index (χ3n) is 6.67. The van der Waals surface area contributed by atoms with E-state index in [0.717, 1.165) is 42.8 Å². The van der Waals surface area contributed by atoms with E-state index in [1.165, 1.54) is 16.7 Å². The molecule has 5 heteroatoms. The Morgan fingerprint density at radius 2 is 1.90 bits per heavy atom. The third kappa shape index (κ3) is 4.28. The molecule has 0 radical (unpaired) electrons. The second-order valence-corrected chi connectivity index (χ2v) is 10.4. The lowest BCUT2D eigenvalue weighted by atomic mass is 9.60. The van der Waals surface area contributed by atoms with Gasteiger partial charge >= 0.3 is 0 Å². The monoisotopic (exact) mass is 443 g/mol. The van der Waals surface area contributed by atoms with Gasteiger partial charge in [-0.2, -0.15) is 4.40 Å². The molecule has 0 N–H and O–H groups in total. The van der Waals surface area contributed by atoms with Crippen LogP contribution in [0.1, 0.15) is 69.1 Å².